The Labute approximate surface area is 154 Å². The molecule has 1 heterocycles. The smallest absolute Gasteiger partial charge is 0.291 e. The molecule has 0 saturated carbocycles. The molecule has 0 unspecified atom stereocenters. The number of hydrogen-bond acceptors (Lipinski definition) is 2. The van der Waals surface area contributed by atoms with Gasteiger partial charge in [-0.3, -0.25) is 4.79 Å². The Bertz CT molecular complexity index is 904. The van der Waals surface area contributed by atoms with Crippen LogP contribution in [-0.2, 0) is 7.05 Å². The first kappa shape index (κ1) is 16.8. The van der Waals surface area contributed by atoms with Crippen LogP contribution in [0.25, 0.3) is 11.3 Å². The van der Waals surface area contributed by atoms with E-state index in [1.54, 1.807) is 48.1 Å². The second kappa shape index (κ2) is 6.85. The molecule has 0 atom stereocenters. The molecule has 0 saturated heterocycles. The lowest BCUT2D eigenvalue weighted by molar-refractivity contribution is 0.101. The largest absolute Gasteiger partial charge is 0.323 e. The Balaban J connectivity index is 1.87. The first-order valence-corrected chi connectivity index (χ1v) is 8.13. The fraction of sp³-hybridized carbons (Fsp3) is 0.0588. The zero-order valence-electron chi connectivity index (χ0n) is 12.6. The molecule has 24 heavy (non-hydrogen) atoms. The number of benzene rings is 2. The minimum absolute atomic E-state index is 0.269. The van der Waals surface area contributed by atoms with Gasteiger partial charge in [0, 0.05) is 17.1 Å². The number of hydrogen-bond donors (Lipinski definition) is 1. The van der Waals surface area contributed by atoms with Crippen molar-refractivity contribution < 1.29 is 4.79 Å². The highest BCUT2D eigenvalue weighted by Crippen LogP contribution is 2.26. The summed E-state index contributed by atoms with van der Waals surface area (Å²) in [7, 11) is 1.77. The lowest BCUT2D eigenvalue weighted by Gasteiger charge is -2.09. The average molecular weight is 381 g/mol. The third-order valence-electron chi connectivity index (χ3n) is 3.51. The van der Waals surface area contributed by atoms with E-state index in [1.807, 2.05) is 12.1 Å². The standard InChI is InChI=1S/C17H12Cl3N3O/c1-23-15(10-2-4-11(18)5-3-10)9-21-16(23)17(24)22-14-7-6-12(19)8-13(14)20/h2-9H,1H3,(H,22,24). The summed E-state index contributed by atoms with van der Waals surface area (Å²) >= 11 is 17.8. The van der Waals surface area contributed by atoms with Gasteiger partial charge in [0.25, 0.3) is 5.91 Å². The molecule has 2 aromatic carbocycles. The number of imidazole rings is 1. The lowest BCUT2D eigenvalue weighted by Crippen LogP contribution is -2.17. The SMILES string of the molecule is Cn1c(-c2ccc(Cl)cc2)cnc1C(=O)Nc1ccc(Cl)cc1Cl. The summed E-state index contributed by atoms with van der Waals surface area (Å²) in [5.41, 5.74) is 2.19. The van der Waals surface area contributed by atoms with Crippen molar-refractivity contribution in [3.8, 4) is 11.3 Å². The van der Waals surface area contributed by atoms with E-state index in [1.165, 1.54) is 0 Å². The van der Waals surface area contributed by atoms with E-state index < -0.39 is 0 Å². The highest BCUT2D eigenvalue weighted by Gasteiger charge is 2.16. The van der Waals surface area contributed by atoms with Crippen LogP contribution in [0.4, 0.5) is 5.69 Å². The Hall–Kier alpha value is -2.01. The summed E-state index contributed by atoms with van der Waals surface area (Å²) < 4.78 is 1.71. The van der Waals surface area contributed by atoms with Gasteiger partial charge in [-0.05, 0) is 35.9 Å². The van der Waals surface area contributed by atoms with E-state index >= 15 is 0 Å². The third-order valence-corrected chi connectivity index (χ3v) is 4.31. The van der Waals surface area contributed by atoms with Gasteiger partial charge >= 0.3 is 0 Å². The number of nitrogens with one attached hydrogen (secondary N) is 1. The number of anilines is 1. The Kier molecular flexibility index (Phi) is 4.81. The normalized spacial score (nSPS) is 10.7. The maximum atomic E-state index is 12.5. The molecule has 1 aromatic heterocycles. The molecule has 7 heteroatoms. The van der Waals surface area contributed by atoms with Crippen LogP contribution < -0.4 is 5.32 Å². The van der Waals surface area contributed by atoms with Crippen LogP contribution in [0.5, 0.6) is 0 Å². The van der Waals surface area contributed by atoms with Crippen molar-refractivity contribution in [1.82, 2.24) is 9.55 Å². The van der Waals surface area contributed by atoms with Crippen molar-refractivity contribution in [2.24, 2.45) is 7.05 Å². The molecule has 3 rings (SSSR count). The molecule has 122 valence electrons. The van der Waals surface area contributed by atoms with Gasteiger partial charge in [0.15, 0.2) is 5.82 Å². The molecular weight excluding hydrogens is 369 g/mol. The van der Waals surface area contributed by atoms with Crippen LogP contribution in [0.3, 0.4) is 0 Å². The predicted octanol–water partition coefficient (Wildman–Crippen LogP) is 5.30. The monoisotopic (exact) mass is 379 g/mol. The van der Waals surface area contributed by atoms with Crippen LogP contribution in [0.1, 0.15) is 10.6 Å². The van der Waals surface area contributed by atoms with E-state index in [4.69, 9.17) is 34.8 Å². The molecule has 0 fully saturated rings. The number of amides is 1. The van der Waals surface area contributed by atoms with Gasteiger partial charge < -0.3 is 9.88 Å². The zero-order valence-corrected chi connectivity index (χ0v) is 14.8. The van der Waals surface area contributed by atoms with Gasteiger partial charge in [0.05, 0.1) is 22.6 Å². The Morgan fingerprint density at radius 3 is 2.38 bits per heavy atom. The molecule has 0 spiro atoms. The van der Waals surface area contributed by atoms with E-state index in [2.05, 4.69) is 10.3 Å². The molecule has 1 N–H and O–H groups in total. The average Bonchev–Trinajstić information content (AvgIpc) is 2.92. The molecule has 0 aliphatic rings. The fourth-order valence-electron chi connectivity index (χ4n) is 2.28. The highest BCUT2D eigenvalue weighted by atomic mass is 35.5. The summed E-state index contributed by atoms with van der Waals surface area (Å²) in [6.45, 7) is 0. The maximum Gasteiger partial charge on any atom is 0.291 e. The summed E-state index contributed by atoms with van der Waals surface area (Å²) in [6.07, 6.45) is 1.64. The minimum atomic E-state index is -0.359. The molecule has 0 aliphatic carbocycles. The topological polar surface area (TPSA) is 46.9 Å². The van der Waals surface area contributed by atoms with Crippen molar-refractivity contribution in [2.75, 3.05) is 5.32 Å². The van der Waals surface area contributed by atoms with Crippen LogP contribution in [0, 0.1) is 0 Å². The number of halogens is 3. The fourth-order valence-corrected chi connectivity index (χ4v) is 2.86. The molecule has 0 bridgehead atoms. The van der Waals surface area contributed by atoms with E-state index in [9.17, 15) is 4.79 Å². The number of aromatic nitrogens is 2. The lowest BCUT2D eigenvalue weighted by atomic mass is 10.2. The van der Waals surface area contributed by atoms with Crippen molar-refractivity contribution in [3.63, 3.8) is 0 Å². The van der Waals surface area contributed by atoms with Gasteiger partial charge in [-0.15, -0.1) is 0 Å². The van der Waals surface area contributed by atoms with E-state index in [-0.39, 0.29) is 11.7 Å². The van der Waals surface area contributed by atoms with Gasteiger partial charge in [-0.2, -0.15) is 0 Å². The second-order valence-electron chi connectivity index (χ2n) is 5.11. The second-order valence-corrected chi connectivity index (χ2v) is 6.39. The Morgan fingerprint density at radius 2 is 1.71 bits per heavy atom. The first-order chi connectivity index (χ1) is 11.5. The van der Waals surface area contributed by atoms with Crippen LogP contribution >= 0.6 is 34.8 Å². The van der Waals surface area contributed by atoms with Crippen molar-refractivity contribution in [2.45, 2.75) is 0 Å². The molecule has 3 aromatic rings. The van der Waals surface area contributed by atoms with Crippen molar-refractivity contribution >= 4 is 46.4 Å². The quantitative estimate of drug-likeness (QED) is 0.670. The van der Waals surface area contributed by atoms with Crippen LogP contribution in [-0.4, -0.2) is 15.5 Å². The van der Waals surface area contributed by atoms with Gasteiger partial charge in [0.2, 0.25) is 0 Å². The molecular formula is C17H12Cl3N3O. The van der Waals surface area contributed by atoms with Crippen molar-refractivity contribution in [3.05, 3.63) is 69.6 Å². The zero-order chi connectivity index (χ0) is 17.3. The van der Waals surface area contributed by atoms with Crippen LogP contribution in [0.15, 0.2) is 48.7 Å². The molecule has 0 aliphatic heterocycles. The number of carbonyl (C=O) groups excluding carboxylic acids is 1. The Morgan fingerprint density at radius 1 is 1.04 bits per heavy atom. The predicted molar refractivity (Wildman–Crippen MR) is 98.1 cm³/mol. The third kappa shape index (κ3) is 3.41. The number of rotatable bonds is 3. The van der Waals surface area contributed by atoms with E-state index in [0.29, 0.717) is 20.8 Å². The summed E-state index contributed by atoms with van der Waals surface area (Å²) in [4.78, 5) is 16.7. The number of nitrogens with zero attached hydrogens (tertiary/aromatic N) is 2. The van der Waals surface area contributed by atoms with Gasteiger partial charge in [0.1, 0.15) is 0 Å². The summed E-state index contributed by atoms with van der Waals surface area (Å²) in [5.74, 6) is -0.0899. The molecule has 4 nitrogen and oxygen atoms in total. The molecule has 1 amide bonds. The molecule has 0 radical (unpaired) electrons. The summed E-state index contributed by atoms with van der Waals surface area (Å²) in [6, 6.07) is 12.2. The summed E-state index contributed by atoms with van der Waals surface area (Å²) in [5, 5.41) is 4.25. The maximum absolute atomic E-state index is 12.5. The highest BCUT2D eigenvalue weighted by molar-refractivity contribution is 6.36. The first-order valence-electron chi connectivity index (χ1n) is 7.00. The number of carbonyl (C=O) groups is 1. The minimum Gasteiger partial charge on any atom is -0.323 e. The van der Waals surface area contributed by atoms with Gasteiger partial charge in [-0.25, -0.2) is 4.98 Å². The van der Waals surface area contributed by atoms with Crippen molar-refractivity contribution in [1.29, 1.82) is 0 Å². The van der Waals surface area contributed by atoms with Gasteiger partial charge in [-0.1, -0.05) is 46.9 Å². The van der Waals surface area contributed by atoms with E-state index in [0.717, 1.165) is 11.3 Å². The van der Waals surface area contributed by atoms with Crippen LogP contribution in [0.2, 0.25) is 15.1 Å².